The number of hydrogen-bond donors (Lipinski definition) is 2. The van der Waals surface area contributed by atoms with Gasteiger partial charge < -0.3 is 5.32 Å². The summed E-state index contributed by atoms with van der Waals surface area (Å²) >= 11 is 12.1. The fourth-order valence-corrected chi connectivity index (χ4v) is 4.28. The van der Waals surface area contributed by atoms with Crippen molar-refractivity contribution in [3.05, 3.63) is 94.0 Å². The van der Waals surface area contributed by atoms with Crippen LogP contribution < -0.4 is 10.0 Å². The van der Waals surface area contributed by atoms with Crippen LogP contribution in [0.15, 0.2) is 77.7 Å². The van der Waals surface area contributed by atoms with Crippen LogP contribution in [-0.2, 0) is 16.4 Å². The maximum absolute atomic E-state index is 12.4. The van der Waals surface area contributed by atoms with Crippen molar-refractivity contribution in [3.63, 3.8) is 0 Å². The minimum absolute atomic E-state index is 0.110. The van der Waals surface area contributed by atoms with Crippen molar-refractivity contribution in [2.45, 2.75) is 11.3 Å². The summed E-state index contributed by atoms with van der Waals surface area (Å²) in [6.07, 6.45) is 0.590. The lowest BCUT2D eigenvalue weighted by atomic mass is 10.2. The quantitative estimate of drug-likeness (QED) is 0.546. The zero-order chi connectivity index (χ0) is 20.9. The van der Waals surface area contributed by atoms with Crippen molar-refractivity contribution in [2.75, 3.05) is 11.9 Å². The van der Waals surface area contributed by atoms with E-state index in [1.807, 2.05) is 30.3 Å². The first-order valence-corrected chi connectivity index (χ1v) is 11.0. The molecular weight excluding hydrogens is 431 g/mol. The first kappa shape index (κ1) is 21.3. The lowest BCUT2D eigenvalue weighted by Gasteiger charge is -2.10. The second kappa shape index (κ2) is 9.41. The highest BCUT2D eigenvalue weighted by Gasteiger charge is 2.16. The molecule has 8 heteroatoms. The molecule has 0 atom stereocenters. The van der Waals surface area contributed by atoms with Gasteiger partial charge in [0.05, 0.1) is 20.5 Å². The SMILES string of the molecule is O=C(Nc1ccc(S(=O)(=O)NCCc2ccccc2)cc1)c1c(Cl)cccc1Cl. The third-order valence-electron chi connectivity index (χ3n) is 4.16. The van der Waals surface area contributed by atoms with Gasteiger partial charge in [0.2, 0.25) is 10.0 Å². The molecule has 0 aromatic heterocycles. The molecule has 0 radical (unpaired) electrons. The molecule has 0 saturated carbocycles. The van der Waals surface area contributed by atoms with Crippen LogP contribution in [0.1, 0.15) is 15.9 Å². The van der Waals surface area contributed by atoms with Crippen LogP contribution in [0.3, 0.4) is 0 Å². The average Bonchev–Trinajstić information content (AvgIpc) is 2.69. The number of amides is 1. The number of benzene rings is 3. The first-order valence-electron chi connectivity index (χ1n) is 8.76. The van der Waals surface area contributed by atoms with Gasteiger partial charge in [-0.1, -0.05) is 59.6 Å². The molecule has 29 heavy (non-hydrogen) atoms. The van der Waals surface area contributed by atoms with Gasteiger partial charge in [-0.15, -0.1) is 0 Å². The van der Waals surface area contributed by atoms with Crippen molar-refractivity contribution in [3.8, 4) is 0 Å². The summed E-state index contributed by atoms with van der Waals surface area (Å²) in [4.78, 5) is 12.5. The smallest absolute Gasteiger partial charge is 0.258 e. The summed E-state index contributed by atoms with van der Waals surface area (Å²) in [5.74, 6) is -0.475. The number of anilines is 1. The van der Waals surface area contributed by atoms with E-state index in [0.717, 1.165) is 5.56 Å². The molecule has 2 N–H and O–H groups in total. The van der Waals surface area contributed by atoms with Crippen LogP contribution >= 0.6 is 23.2 Å². The van der Waals surface area contributed by atoms with Gasteiger partial charge in [0, 0.05) is 12.2 Å². The normalized spacial score (nSPS) is 11.2. The Balaban J connectivity index is 1.63. The maximum atomic E-state index is 12.4. The van der Waals surface area contributed by atoms with E-state index in [1.165, 1.54) is 24.3 Å². The third kappa shape index (κ3) is 5.58. The number of hydrogen-bond acceptors (Lipinski definition) is 3. The van der Waals surface area contributed by atoms with Gasteiger partial charge in [-0.3, -0.25) is 4.79 Å². The summed E-state index contributed by atoms with van der Waals surface area (Å²) in [5.41, 5.74) is 1.64. The Bertz CT molecular complexity index is 1080. The van der Waals surface area contributed by atoms with E-state index >= 15 is 0 Å². The first-order chi connectivity index (χ1) is 13.9. The zero-order valence-corrected chi connectivity index (χ0v) is 17.6. The number of carbonyl (C=O) groups is 1. The Morgan fingerprint density at radius 1 is 0.828 bits per heavy atom. The molecule has 3 aromatic rings. The van der Waals surface area contributed by atoms with Gasteiger partial charge in [0.25, 0.3) is 5.91 Å². The second-order valence-corrected chi connectivity index (χ2v) is 8.79. The zero-order valence-electron chi connectivity index (χ0n) is 15.2. The van der Waals surface area contributed by atoms with E-state index in [9.17, 15) is 13.2 Å². The van der Waals surface area contributed by atoms with E-state index in [1.54, 1.807) is 18.2 Å². The fraction of sp³-hybridized carbons (Fsp3) is 0.0952. The van der Waals surface area contributed by atoms with E-state index < -0.39 is 15.9 Å². The highest BCUT2D eigenvalue weighted by atomic mass is 35.5. The van der Waals surface area contributed by atoms with E-state index in [2.05, 4.69) is 10.0 Å². The van der Waals surface area contributed by atoms with E-state index in [-0.39, 0.29) is 27.0 Å². The van der Waals surface area contributed by atoms with Gasteiger partial charge in [0.1, 0.15) is 0 Å². The third-order valence-corrected chi connectivity index (χ3v) is 6.27. The summed E-state index contributed by atoms with van der Waals surface area (Å²) in [7, 11) is -3.65. The van der Waals surface area contributed by atoms with E-state index in [4.69, 9.17) is 23.2 Å². The van der Waals surface area contributed by atoms with Gasteiger partial charge in [-0.05, 0) is 48.4 Å². The van der Waals surface area contributed by atoms with Gasteiger partial charge in [-0.2, -0.15) is 0 Å². The largest absolute Gasteiger partial charge is 0.322 e. The van der Waals surface area contributed by atoms with Crippen LogP contribution in [0.5, 0.6) is 0 Å². The lowest BCUT2D eigenvalue weighted by molar-refractivity contribution is 0.102. The Hall–Kier alpha value is -2.38. The Morgan fingerprint density at radius 2 is 1.45 bits per heavy atom. The molecule has 0 saturated heterocycles. The number of halogens is 2. The molecule has 0 heterocycles. The minimum atomic E-state index is -3.65. The minimum Gasteiger partial charge on any atom is -0.322 e. The molecule has 0 aliphatic heterocycles. The molecule has 1 amide bonds. The van der Waals surface area contributed by atoms with Crippen LogP contribution in [-0.4, -0.2) is 20.9 Å². The van der Waals surface area contributed by atoms with Crippen LogP contribution in [0.25, 0.3) is 0 Å². The summed E-state index contributed by atoms with van der Waals surface area (Å²) in [6, 6.07) is 20.3. The topological polar surface area (TPSA) is 75.3 Å². The van der Waals surface area contributed by atoms with Crippen molar-refractivity contribution >= 4 is 44.8 Å². The number of rotatable bonds is 7. The van der Waals surface area contributed by atoms with Gasteiger partial charge in [-0.25, -0.2) is 13.1 Å². The lowest BCUT2D eigenvalue weighted by Crippen LogP contribution is -2.26. The molecule has 0 bridgehead atoms. The van der Waals surface area contributed by atoms with E-state index in [0.29, 0.717) is 12.1 Å². The Labute approximate surface area is 179 Å². The van der Waals surface area contributed by atoms with Crippen molar-refractivity contribution in [1.29, 1.82) is 0 Å². The molecular formula is C21H18Cl2N2O3S. The highest BCUT2D eigenvalue weighted by Crippen LogP contribution is 2.25. The molecule has 0 aliphatic rings. The number of sulfonamides is 1. The summed E-state index contributed by atoms with van der Waals surface area (Å²) < 4.78 is 27.4. The predicted octanol–water partition coefficient (Wildman–Crippen LogP) is 4.77. The summed E-state index contributed by atoms with van der Waals surface area (Å²) in [5, 5.41) is 3.13. The van der Waals surface area contributed by atoms with Gasteiger partial charge >= 0.3 is 0 Å². The molecule has 0 aliphatic carbocycles. The number of nitrogens with one attached hydrogen (secondary N) is 2. The van der Waals surface area contributed by atoms with Crippen LogP contribution in [0.4, 0.5) is 5.69 Å². The standard InChI is InChI=1S/C21H18Cl2N2O3S/c22-18-7-4-8-19(23)20(18)21(26)25-16-9-11-17(12-10-16)29(27,28)24-14-13-15-5-2-1-3-6-15/h1-12,24H,13-14H2,(H,25,26). The predicted molar refractivity (Wildman–Crippen MR) is 116 cm³/mol. The van der Waals surface area contributed by atoms with Crippen molar-refractivity contribution < 1.29 is 13.2 Å². The Morgan fingerprint density at radius 3 is 2.07 bits per heavy atom. The molecule has 150 valence electrons. The second-order valence-electron chi connectivity index (χ2n) is 6.21. The van der Waals surface area contributed by atoms with Crippen molar-refractivity contribution in [2.24, 2.45) is 0 Å². The molecule has 3 aromatic carbocycles. The van der Waals surface area contributed by atoms with Crippen molar-refractivity contribution in [1.82, 2.24) is 4.72 Å². The highest BCUT2D eigenvalue weighted by molar-refractivity contribution is 7.89. The number of carbonyl (C=O) groups excluding carboxylic acids is 1. The molecule has 0 unspecified atom stereocenters. The maximum Gasteiger partial charge on any atom is 0.258 e. The van der Waals surface area contributed by atoms with Crippen LogP contribution in [0.2, 0.25) is 10.0 Å². The average molecular weight is 449 g/mol. The fourth-order valence-electron chi connectivity index (χ4n) is 2.68. The molecule has 3 rings (SSSR count). The monoisotopic (exact) mass is 448 g/mol. The molecule has 5 nitrogen and oxygen atoms in total. The van der Waals surface area contributed by atoms with Gasteiger partial charge in [0.15, 0.2) is 0 Å². The molecule has 0 fully saturated rings. The van der Waals surface area contributed by atoms with Crippen LogP contribution in [0, 0.1) is 0 Å². The molecule has 0 spiro atoms. The Kier molecular flexibility index (Phi) is 6.92. The summed E-state index contributed by atoms with van der Waals surface area (Å²) in [6.45, 7) is 0.288.